The molecule has 3 heterocycles. The van der Waals surface area contributed by atoms with Gasteiger partial charge in [0, 0.05) is 63.4 Å². The number of alkyl halides is 2. The number of benzene rings is 2. The minimum absolute atomic E-state index is 0.0336. The number of halogens is 3. The number of alkyl carbamates (subject to hydrolysis) is 1. The summed E-state index contributed by atoms with van der Waals surface area (Å²) in [7, 11) is 7.00. The maximum atomic E-state index is 14.6. The van der Waals surface area contributed by atoms with E-state index in [1.165, 1.54) is 65.4 Å². The number of carbonyl (C=O) groups excluding carboxylic acids is 10. The lowest BCUT2D eigenvalue weighted by molar-refractivity contribution is -0.158. The van der Waals surface area contributed by atoms with Gasteiger partial charge >= 0.3 is 18.1 Å². The van der Waals surface area contributed by atoms with E-state index < -0.39 is 137 Å². The highest BCUT2D eigenvalue weighted by Crippen LogP contribution is 2.49. The summed E-state index contributed by atoms with van der Waals surface area (Å²) in [6.07, 6.45) is 2.50. The Kier molecular flexibility index (Phi) is 28.0. The minimum Gasteiger partial charge on any atom is -0.495 e. The molecule has 0 saturated carbocycles. The number of nitrogens with zero attached hydrogens (tertiary/aromatic N) is 2. The third kappa shape index (κ3) is 20.0. The maximum absolute atomic E-state index is 14.6. The largest absolute Gasteiger partial charge is 0.495 e. The van der Waals surface area contributed by atoms with Crippen LogP contribution >= 0.6 is 43.5 Å². The highest BCUT2D eigenvalue weighted by molar-refractivity contribution is 9.10. The summed E-state index contributed by atoms with van der Waals surface area (Å²) in [5.74, 6) is -5.23. The number of ether oxygens (including phenoxy) is 6. The van der Waals surface area contributed by atoms with Crippen molar-refractivity contribution >= 4 is 115 Å². The summed E-state index contributed by atoms with van der Waals surface area (Å²) >= 11 is 13.6. The van der Waals surface area contributed by atoms with Crippen LogP contribution in [0, 0.1) is 11.8 Å². The number of urea groups is 1. The van der Waals surface area contributed by atoms with Gasteiger partial charge in [-0.15, -0.1) is 0 Å². The fourth-order valence-corrected chi connectivity index (χ4v) is 13.0. The Morgan fingerprint density at radius 3 is 2.32 bits per heavy atom. The van der Waals surface area contributed by atoms with Crippen molar-refractivity contribution in [1.29, 1.82) is 0 Å². The third-order valence-electron chi connectivity index (χ3n) is 17.0. The molecule has 0 radical (unpaired) electrons. The van der Waals surface area contributed by atoms with Crippen LogP contribution in [0.2, 0.25) is 5.02 Å². The Labute approximate surface area is 564 Å². The summed E-state index contributed by atoms with van der Waals surface area (Å²) in [4.78, 5) is 137. The van der Waals surface area contributed by atoms with Crippen molar-refractivity contribution in [2.75, 3.05) is 62.8 Å². The molecule has 0 unspecified atom stereocenters. The summed E-state index contributed by atoms with van der Waals surface area (Å²) in [6, 6.07) is 2.04. The van der Waals surface area contributed by atoms with Gasteiger partial charge in [-0.05, 0) is 115 Å². The number of amides is 8. The van der Waals surface area contributed by atoms with Crippen molar-refractivity contribution in [1.82, 2.24) is 31.5 Å². The standard InChI is InChI=1S/C64H90Br2ClN9O17/c1-35(2)52(71-41(31-77)18-15-23-61(6,7)93-63(32-65,33-66)34-78)56(82)73-44(19-16-24-70-59(68)85)55(81)72-43-22-21-40(28-42(43)54(80)69-9)57(83)75(10)38(5)58(84)91-49-29-50(79)76(11)45-26-39(27-46(88-12)51(45)67)25-36(3)17-14-20-48(89-13)64(87)30-47(90-60(86)74-64)37(4)53-62(49,8)92-53/h14,17,20-22,26-28,31,34-35,37-38,41,44,47-49,52-53,71,87H,15-16,18-19,23-25,29-30,32-33H2,1-13H3,(H,69,80)(H,72,81)(H,73,82)(H,74,86)(H3,68,70,85)/b20-14+,36-17+/t37-,38+,41+,44+,47+,48-,49+,52+,53+,62+,64+/m1/s1. The zero-order chi connectivity index (χ0) is 69.5. The van der Waals surface area contributed by atoms with Gasteiger partial charge in [0.1, 0.15) is 58.7 Å². The Bertz CT molecular complexity index is 3130. The van der Waals surface area contributed by atoms with Gasteiger partial charge in [-0.3, -0.25) is 34.6 Å². The molecule has 3 aliphatic rings. The number of esters is 1. The van der Waals surface area contributed by atoms with E-state index in [4.69, 9.17) is 45.8 Å². The molecule has 0 aromatic heterocycles. The summed E-state index contributed by atoms with van der Waals surface area (Å²) in [5.41, 5.74) is 1.59. The SMILES string of the molecule is CNC(=O)c1cc(C(=O)N(C)[C@@H](C)C(=O)O[C@H]2CC(=O)N(C)c3cc(cc(OC)c3Cl)C/C(C)=C/C=C/[C@@H](OC)[C@@]3(O)C[C@H](OC(=O)N3)[C@@H](C)[C@@H]3O[C@@]23C)ccc1NC(=O)[C@H](CCCNC(N)=O)NC(=O)[C@@H](N[C@H](C=O)CCCC(C)(C)OC(C=O)(CBr)CBr)C(C)C. The number of methoxy groups -OCH3 is 2. The number of allylic oxidation sites excluding steroid dienone is 3. The fourth-order valence-electron chi connectivity index (χ4n) is 11.3. The van der Waals surface area contributed by atoms with E-state index in [0.29, 0.717) is 37.7 Å². The molecule has 4 bridgehead atoms. The van der Waals surface area contributed by atoms with E-state index in [1.807, 2.05) is 26.8 Å². The first kappa shape index (κ1) is 77.2. The zero-order valence-corrected chi connectivity index (χ0v) is 58.8. The first-order valence-corrected chi connectivity index (χ1v) is 33.2. The average Bonchev–Trinajstić information content (AvgIpc) is 1.58. The summed E-state index contributed by atoms with van der Waals surface area (Å²) in [6.45, 7) is 13.9. The number of hydrogen-bond acceptors (Lipinski definition) is 18. The lowest BCUT2D eigenvalue weighted by atomic mass is 9.83. The van der Waals surface area contributed by atoms with Crippen LogP contribution in [0.1, 0.15) is 127 Å². The van der Waals surface area contributed by atoms with E-state index in [2.05, 4.69) is 63.8 Å². The van der Waals surface area contributed by atoms with E-state index in [1.54, 1.807) is 52.0 Å². The number of aliphatic hydroxyl groups is 1. The van der Waals surface area contributed by atoms with Crippen LogP contribution in [0.25, 0.3) is 0 Å². The molecule has 29 heteroatoms. The Balaban J connectivity index is 1.40. The van der Waals surface area contributed by atoms with Crippen LogP contribution in [0.3, 0.4) is 0 Å². The van der Waals surface area contributed by atoms with Crippen molar-refractivity contribution < 1.29 is 81.5 Å². The lowest BCUT2D eigenvalue weighted by Gasteiger charge is -2.42. The van der Waals surface area contributed by atoms with Gasteiger partial charge in [-0.25, -0.2) is 14.4 Å². The Morgan fingerprint density at radius 2 is 1.72 bits per heavy atom. The number of primary amides is 1. The van der Waals surface area contributed by atoms with E-state index in [-0.39, 0.29) is 64.1 Å². The molecule has 2 aromatic carbocycles. The van der Waals surface area contributed by atoms with Crippen molar-refractivity contribution in [3.63, 3.8) is 0 Å². The van der Waals surface area contributed by atoms with E-state index >= 15 is 0 Å². The van der Waals surface area contributed by atoms with Gasteiger partial charge in [0.2, 0.25) is 17.7 Å². The molecule has 0 aliphatic carbocycles. The van der Waals surface area contributed by atoms with Crippen LogP contribution in [0.5, 0.6) is 5.75 Å². The number of aldehydes is 2. The van der Waals surface area contributed by atoms with Crippen LogP contribution in [0.4, 0.5) is 21.0 Å². The van der Waals surface area contributed by atoms with E-state index in [0.717, 1.165) is 22.3 Å². The first-order chi connectivity index (χ1) is 43.7. The minimum atomic E-state index is -1.94. The molecule has 8 amide bonds. The van der Waals surface area contributed by atoms with Crippen LogP contribution in [-0.2, 0) is 58.9 Å². The summed E-state index contributed by atoms with van der Waals surface area (Å²) < 4.78 is 35.8. The van der Waals surface area contributed by atoms with Crippen molar-refractivity contribution in [3.05, 3.63) is 75.8 Å². The quantitative estimate of drug-likeness (QED) is 0.0161. The maximum Gasteiger partial charge on any atom is 0.409 e. The summed E-state index contributed by atoms with van der Waals surface area (Å²) in [5, 5.41) is 28.7. The number of epoxide rings is 1. The molecule has 5 rings (SSSR count). The number of hydrogen-bond donors (Lipinski definition) is 8. The molecule has 514 valence electrons. The van der Waals surface area contributed by atoms with Gasteiger partial charge in [-0.1, -0.05) is 88.0 Å². The molecular weight excluding hydrogens is 1360 g/mol. The van der Waals surface area contributed by atoms with Crippen LogP contribution in [0.15, 0.2) is 54.1 Å². The number of fused-ring (bicyclic) bond motifs is 5. The molecule has 26 nitrogen and oxygen atoms in total. The van der Waals surface area contributed by atoms with Crippen molar-refractivity contribution in [2.45, 2.75) is 178 Å². The first-order valence-electron chi connectivity index (χ1n) is 30.6. The van der Waals surface area contributed by atoms with Gasteiger partial charge in [0.15, 0.2) is 12.0 Å². The number of nitrogens with two attached hydrogens (primary N) is 1. The smallest absolute Gasteiger partial charge is 0.409 e. The molecular formula is C64H90Br2ClN9O17. The predicted octanol–water partition coefficient (Wildman–Crippen LogP) is 5.93. The Morgan fingerprint density at radius 1 is 1.03 bits per heavy atom. The highest BCUT2D eigenvalue weighted by atomic mass is 79.9. The second-order valence-electron chi connectivity index (χ2n) is 25.0. The zero-order valence-electron chi connectivity index (χ0n) is 54.9. The molecule has 2 saturated heterocycles. The number of anilines is 2. The van der Waals surface area contributed by atoms with Crippen LogP contribution < -0.4 is 47.3 Å². The average molecular weight is 1450 g/mol. The molecule has 11 atom stereocenters. The monoisotopic (exact) mass is 1450 g/mol. The Hall–Kier alpha value is -6.53. The molecule has 0 spiro atoms. The predicted molar refractivity (Wildman–Crippen MR) is 355 cm³/mol. The number of rotatable bonds is 28. The number of nitrogens with one attached hydrogen (secondary N) is 6. The van der Waals surface area contributed by atoms with Gasteiger partial charge in [0.05, 0.1) is 54.3 Å². The van der Waals surface area contributed by atoms with Crippen molar-refractivity contribution in [3.8, 4) is 5.75 Å². The third-order valence-corrected chi connectivity index (χ3v) is 19.3. The number of carbonyl (C=O) groups is 10. The highest BCUT2D eigenvalue weighted by Gasteiger charge is 2.64. The molecule has 93 heavy (non-hydrogen) atoms. The topological polar surface area (TPSA) is 354 Å². The van der Waals surface area contributed by atoms with Gasteiger partial charge in [-0.2, -0.15) is 0 Å². The molecule has 2 aromatic rings. The van der Waals surface area contributed by atoms with Crippen molar-refractivity contribution in [2.24, 2.45) is 17.6 Å². The second-order valence-corrected chi connectivity index (χ2v) is 26.5. The molecule has 3 aliphatic heterocycles. The lowest BCUT2D eigenvalue weighted by Crippen LogP contribution is -2.63. The molecule has 9 N–H and O–H groups in total. The van der Waals surface area contributed by atoms with Gasteiger partial charge in [0.25, 0.3) is 11.8 Å². The van der Waals surface area contributed by atoms with Gasteiger partial charge < -0.3 is 79.9 Å². The fraction of sp³-hybridized carbons (Fsp3) is 0.594. The van der Waals surface area contributed by atoms with Crippen LogP contribution in [-0.4, -0.2) is 194 Å². The second kappa shape index (κ2) is 33.7. The van der Waals surface area contributed by atoms with E-state index in [9.17, 15) is 53.1 Å². The normalized spacial score (nSPS) is 24.0. The number of likely N-dealkylation sites (N-methyl/N-ethyl adjacent to an activating group) is 1. The molecule has 2 fully saturated rings.